The maximum Gasteiger partial charge on any atom is 0.277 e. The zero-order valence-corrected chi connectivity index (χ0v) is 13.7. The van der Waals surface area contributed by atoms with Gasteiger partial charge in [0.25, 0.3) is 16.1 Å². The Morgan fingerprint density at radius 2 is 1.58 bits per heavy atom. The van der Waals surface area contributed by atoms with Crippen molar-refractivity contribution < 1.29 is 13.2 Å². The van der Waals surface area contributed by atoms with Crippen LogP contribution in [0.4, 0.5) is 0 Å². The van der Waals surface area contributed by atoms with E-state index in [0.717, 1.165) is 9.87 Å². The molecule has 0 aliphatic carbocycles. The quantitative estimate of drug-likeness (QED) is 0.847. The first-order chi connectivity index (χ1) is 11.4. The molecule has 2 N–H and O–H groups in total. The largest absolute Gasteiger partial charge is 0.336 e. The van der Waals surface area contributed by atoms with Crippen molar-refractivity contribution >= 4 is 16.1 Å². The molecule has 126 valence electrons. The van der Waals surface area contributed by atoms with Gasteiger partial charge in [-0.15, -0.1) is 0 Å². The van der Waals surface area contributed by atoms with Crippen molar-refractivity contribution in [1.82, 2.24) is 19.2 Å². The van der Waals surface area contributed by atoms with E-state index < -0.39 is 10.2 Å². The second-order valence-electron chi connectivity index (χ2n) is 5.40. The number of hydrogen-bond acceptors (Lipinski definition) is 5. The summed E-state index contributed by atoms with van der Waals surface area (Å²) in [7, 11) is -3.71. The fourth-order valence-corrected chi connectivity index (χ4v) is 3.18. The standard InChI is InChI=1S/C15H17N5O3S/c16-24(22,23)20-8-6-19(7-9-20)15(21)13-10-17-14(18-11-13)12-4-2-1-3-5-12/h1-5,10-11H,6-9H2,(H2,16,22,23). The Morgan fingerprint density at radius 1 is 1.00 bits per heavy atom. The number of hydrogen-bond donors (Lipinski definition) is 1. The lowest BCUT2D eigenvalue weighted by molar-refractivity contribution is 0.0697. The van der Waals surface area contributed by atoms with Crippen molar-refractivity contribution in [3.8, 4) is 11.4 Å². The van der Waals surface area contributed by atoms with Crippen LogP contribution in [0.3, 0.4) is 0 Å². The second-order valence-corrected chi connectivity index (χ2v) is 6.94. The molecule has 9 heteroatoms. The molecular weight excluding hydrogens is 330 g/mol. The van der Waals surface area contributed by atoms with Crippen molar-refractivity contribution in [2.45, 2.75) is 0 Å². The van der Waals surface area contributed by atoms with Crippen LogP contribution >= 0.6 is 0 Å². The Labute approximate surface area is 140 Å². The van der Waals surface area contributed by atoms with Gasteiger partial charge in [0.15, 0.2) is 5.82 Å². The third kappa shape index (κ3) is 3.58. The van der Waals surface area contributed by atoms with Crippen molar-refractivity contribution in [2.24, 2.45) is 5.14 Å². The van der Waals surface area contributed by atoms with Crippen molar-refractivity contribution in [3.05, 3.63) is 48.3 Å². The Morgan fingerprint density at radius 3 is 2.12 bits per heavy atom. The number of piperazine rings is 1. The molecule has 0 spiro atoms. The van der Waals surface area contributed by atoms with E-state index in [9.17, 15) is 13.2 Å². The minimum Gasteiger partial charge on any atom is -0.336 e. The molecule has 1 aromatic heterocycles. The number of carbonyl (C=O) groups excluding carboxylic acids is 1. The summed E-state index contributed by atoms with van der Waals surface area (Å²) in [5.41, 5.74) is 1.25. The van der Waals surface area contributed by atoms with E-state index in [1.807, 2.05) is 30.3 Å². The fourth-order valence-electron chi connectivity index (χ4n) is 2.50. The van der Waals surface area contributed by atoms with E-state index in [0.29, 0.717) is 11.4 Å². The van der Waals surface area contributed by atoms with Gasteiger partial charge in [0.05, 0.1) is 5.56 Å². The van der Waals surface area contributed by atoms with Crippen molar-refractivity contribution in [2.75, 3.05) is 26.2 Å². The molecule has 0 radical (unpaired) electrons. The fraction of sp³-hybridized carbons (Fsp3) is 0.267. The molecule has 2 aromatic rings. The number of aromatic nitrogens is 2. The summed E-state index contributed by atoms with van der Waals surface area (Å²) in [6.45, 7) is 0.951. The van der Waals surface area contributed by atoms with Crippen LogP contribution in [0, 0.1) is 0 Å². The highest BCUT2D eigenvalue weighted by Crippen LogP contribution is 2.14. The molecular formula is C15H17N5O3S. The van der Waals surface area contributed by atoms with Gasteiger partial charge in [-0.25, -0.2) is 15.1 Å². The number of amides is 1. The Balaban J connectivity index is 1.68. The zero-order valence-electron chi connectivity index (χ0n) is 12.9. The van der Waals surface area contributed by atoms with Gasteiger partial charge in [-0.2, -0.15) is 12.7 Å². The molecule has 0 unspecified atom stereocenters. The molecule has 1 saturated heterocycles. The van der Waals surface area contributed by atoms with Crippen molar-refractivity contribution in [3.63, 3.8) is 0 Å². The van der Waals surface area contributed by atoms with Gasteiger partial charge >= 0.3 is 0 Å². The summed E-state index contributed by atoms with van der Waals surface area (Å²) in [6.07, 6.45) is 2.98. The molecule has 2 heterocycles. The van der Waals surface area contributed by atoms with Gasteiger partial charge in [-0.1, -0.05) is 30.3 Å². The minimum absolute atomic E-state index is 0.188. The van der Waals surface area contributed by atoms with Crippen LogP contribution in [0.25, 0.3) is 11.4 Å². The topological polar surface area (TPSA) is 109 Å². The van der Waals surface area contributed by atoms with E-state index in [4.69, 9.17) is 5.14 Å². The lowest BCUT2D eigenvalue weighted by Crippen LogP contribution is -2.52. The zero-order chi connectivity index (χ0) is 17.2. The maximum atomic E-state index is 12.5. The van der Waals surface area contributed by atoms with Crippen LogP contribution in [0.15, 0.2) is 42.7 Å². The third-order valence-electron chi connectivity index (χ3n) is 3.82. The van der Waals surface area contributed by atoms with Crippen LogP contribution in [-0.2, 0) is 10.2 Å². The second kappa shape index (κ2) is 6.63. The lowest BCUT2D eigenvalue weighted by atomic mass is 10.2. The van der Waals surface area contributed by atoms with Gasteiger partial charge in [0.1, 0.15) is 0 Å². The molecule has 1 aromatic carbocycles. The monoisotopic (exact) mass is 347 g/mol. The van der Waals surface area contributed by atoms with E-state index in [2.05, 4.69) is 9.97 Å². The first kappa shape index (κ1) is 16.5. The number of carbonyl (C=O) groups is 1. The first-order valence-electron chi connectivity index (χ1n) is 7.40. The Bertz CT molecular complexity index is 816. The van der Waals surface area contributed by atoms with Crippen molar-refractivity contribution in [1.29, 1.82) is 0 Å². The highest BCUT2D eigenvalue weighted by molar-refractivity contribution is 7.86. The summed E-state index contributed by atoms with van der Waals surface area (Å²) < 4.78 is 23.7. The van der Waals surface area contributed by atoms with E-state index in [-0.39, 0.29) is 32.1 Å². The molecule has 1 aliphatic rings. The van der Waals surface area contributed by atoms with Crippen LogP contribution in [0.5, 0.6) is 0 Å². The molecule has 0 saturated carbocycles. The number of rotatable bonds is 3. The first-order valence-corrected chi connectivity index (χ1v) is 8.90. The predicted molar refractivity (Wildman–Crippen MR) is 88.1 cm³/mol. The van der Waals surface area contributed by atoms with Gasteiger partial charge in [-0.3, -0.25) is 4.79 Å². The van der Waals surface area contributed by atoms with Crippen LogP contribution in [-0.4, -0.2) is 59.7 Å². The highest BCUT2D eigenvalue weighted by atomic mass is 32.2. The normalized spacial score (nSPS) is 16.1. The molecule has 0 bridgehead atoms. The Kier molecular flexibility index (Phi) is 4.56. The molecule has 1 fully saturated rings. The number of nitrogens with two attached hydrogens (primary N) is 1. The third-order valence-corrected chi connectivity index (χ3v) is 4.90. The van der Waals surface area contributed by atoms with Crippen LogP contribution in [0.1, 0.15) is 10.4 Å². The summed E-state index contributed by atoms with van der Waals surface area (Å²) in [4.78, 5) is 22.5. The van der Waals surface area contributed by atoms with E-state index in [1.54, 1.807) is 4.90 Å². The molecule has 3 rings (SSSR count). The molecule has 1 aliphatic heterocycles. The van der Waals surface area contributed by atoms with E-state index >= 15 is 0 Å². The summed E-state index contributed by atoms with van der Waals surface area (Å²) in [5.74, 6) is 0.329. The lowest BCUT2D eigenvalue weighted by Gasteiger charge is -2.32. The van der Waals surface area contributed by atoms with Gasteiger partial charge < -0.3 is 4.90 Å². The summed E-state index contributed by atoms with van der Waals surface area (Å²) in [5, 5.41) is 5.09. The SMILES string of the molecule is NS(=O)(=O)N1CCN(C(=O)c2cnc(-c3ccccc3)nc2)CC1. The predicted octanol–water partition coefficient (Wildman–Crippen LogP) is 0.105. The van der Waals surface area contributed by atoms with Gasteiger partial charge in [-0.05, 0) is 0 Å². The highest BCUT2D eigenvalue weighted by Gasteiger charge is 2.27. The Hall–Kier alpha value is -2.36. The van der Waals surface area contributed by atoms with Gasteiger partial charge in [0, 0.05) is 44.1 Å². The maximum absolute atomic E-state index is 12.5. The summed E-state index contributed by atoms with van der Waals surface area (Å²) >= 11 is 0. The molecule has 8 nitrogen and oxygen atoms in total. The van der Waals surface area contributed by atoms with Crippen LogP contribution in [0.2, 0.25) is 0 Å². The average Bonchev–Trinajstić information content (AvgIpc) is 2.61. The average molecular weight is 347 g/mol. The van der Waals surface area contributed by atoms with E-state index in [1.165, 1.54) is 12.4 Å². The number of nitrogens with zero attached hydrogens (tertiary/aromatic N) is 4. The summed E-state index contributed by atoms with van der Waals surface area (Å²) in [6, 6.07) is 9.47. The molecule has 0 atom stereocenters. The number of benzene rings is 1. The smallest absolute Gasteiger partial charge is 0.277 e. The molecule has 24 heavy (non-hydrogen) atoms. The minimum atomic E-state index is -3.71. The molecule has 1 amide bonds. The van der Waals surface area contributed by atoms with Crippen LogP contribution < -0.4 is 5.14 Å². The van der Waals surface area contributed by atoms with Gasteiger partial charge in [0.2, 0.25) is 0 Å².